The van der Waals surface area contributed by atoms with E-state index in [0.717, 1.165) is 0 Å². The first kappa shape index (κ1) is 18.4. The molecule has 25 heavy (non-hydrogen) atoms. The molecule has 2 rings (SSSR count). The SMILES string of the molecule is C[C@H](C(=O)OC[C@H]([NH3+])C(=O)O)c1cccc(C(=O)c2ccccc2)c1. The third-order valence-electron chi connectivity index (χ3n) is 3.81. The normalized spacial score (nSPS) is 12.9. The van der Waals surface area contributed by atoms with Crippen molar-refractivity contribution in [3.05, 3.63) is 71.3 Å². The topological polar surface area (TPSA) is 108 Å². The van der Waals surface area contributed by atoms with Crippen molar-refractivity contribution in [1.29, 1.82) is 0 Å². The fraction of sp³-hybridized carbons (Fsp3) is 0.211. The van der Waals surface area contributed by atoms with Gasteiger partial charge in [-0.1, -0.05) is 48.5 Å². The van der Waals surface area contributed by atoms with Gasteiger partial charge in [-0.25, -0.2) is 4.79 Å². The van der Waals surface area contributed by atoms with Crippen molar-refractivity contribution >= 4 is 17.7 Å². The highest BCUT2D eigenvalue weighted by Gasteiger charge is 2.22. The van der Waals surface area contributed by atoms with Crippen molar-refractivity contribution in [3.8, 4) is 0 Å². The minimum Gasteiger partial charge on any atom is -0.477 e. The maximum Gasteiger partial charge on any atom is 0.366 e. The quantitative estimate of drug-likeness (QED) is 0.582. The second-order valence-electron chi connectivity index (χ2n) is 5.71. The first-order valence-electron chi connectivity index (χ1n) is 7.82. The van der Waals surface area contributed by atoms with Gasteiger partial charge in [-0.3, -0.25) is 9.59 Å². The second kappa shape index (κ2) is 8.21. The molecule has 0 saturated heterocycles. The largest absolute Gasteiger partial charge is 0.477 e. The Morgan fingerprint density at radius 2 is 1.68 bits per heavy atom. The van der Waals surface area contributed by atoms with E-state index >= 15 is 0 Å². The van der Waals surface area contributed by atoms with E-state index in [0.29, 0.717) is 16.7 Å². The molecular weight excluding hydrogens is 322 g/mol. The summed E-state index contributed by atoms with van der Waals surface area (Å²) in [7, 11) is 0. The van der Waals surface area contributed by atoms with E-state index in [9.17, 15) is 14.4 Å². The molecule has 130 valence electrons. The molecule has 2 atom stereocenters. The maximum absolute atomic E-state index is 12.5. The fourth-order valence-corrected chi connectivity index (χ4v) is 2.22. The number of rotatable bonds is 7. The summed E-state index contributed by atoms with van der Waals surface area (Å²) in [4.78, 5) is 35.3. The molecule has 0 bridgehead atoms. The van der Waals surface area contributed by atoms with E-state index in [1.807, 2.05) is 6.07 Å². The van der Waals surface area contributed by atoms with Crippen molar-refractivity contribution in [2.45, 2.75) is 18.9 Å². The van der Waals surface area contributed by atoms with Gasteiger partial charge in [-0.2, -0.15) is 0 Å². The van der Waals surface area contributed by atoms with Crippen molar-refractivity contribution in [2.75, 3.05) is 6.61 Å². The Hall–Kier alpha value is -2.99. The first-order valence-corrected chi connectivity index (χ1v) is 7.82. The van der Waals surface area contributed by atoms with Crippen molar-refractivity contribution in [3.63, 3.8) is 0 Å². The molecule has 0 aromatic heterocycles. The van der Waals surface area contributed by atoms with Crippen LogP contribution in [0.25, 0.3) is 0 Å². The van der Waals surface area contributed by atoms with Crippen LogP contribution in [0.15, 0.2) is 54.6 Å². The highest BCUT2D eigenvalue weighted by molar-refractivity contribution is 6.09. The molecule has 0 radical (unpaired) electrons. The van der Waals surface area contributed by atoms with E-state index < -0.39 is 23.9 Å². The summed E-state index contributed by atoms with van der Waals surface area (Å²) in [6.45, 7) is 1.36. The smallest absolute Gasteiger partial charge is 0.366 e. The van der Waals surface area contributed by atoms with Gasteiger partial charge in [0, 0.05) is 11.1 Å². The van der Waals surface area contributed by atoms with Crippen molar-refractivity contribution in [1.82, 2.24) is 0 Å². The Morgan fingerprint density at radius 1 is 1.04 bits per heavy atom. The number of hydrogen-bond acceptors (Lipinski definition) is 4. The Morgan fingerprint density at radius 3 is 2.32 bits per heavy atom. The van der Waals surface area contributed by atoms with Crippen molar-refractivity contribution < 1.29 is 30.0 Å². The highest BCUT2D eigenvalue weighted by Crippen LogP contribution is 2.20. The molecule has 0 aliphatic rings. The van der Waals surface area contributed by atoms with Gasteiger partial charge >= 0.3 is 11.9 Å². The average Bonchev–Trinajstić information content (AvgIpc) is 2.65. The Labute approximate surface area is 145 Å². The molecule has 2 aromatic carbocycles. The number of ether oxygens (including phenoxy) is 1. The minimum atomic E-state index is -1.13. The number of quaternary nitrogens is 1. The lowest BCUT2D eigenvalue weighted by Crippen LogP contribution is -2.67. The van der Waals surface area contributed by atoms with Gasteiger partial charge in [0.2, 0.25) is 6.04 Å². The molecule has 0 amide bonds. The van der Waals surface area contributed by atoms with E-state index in [-0.39, 0.29) is 12.4 Å². The number of hydrogen-bond donors (Lipinski definition) is 2. The molecule has 6 nitrogen and oxygen atoms in total. The van der Waals surface area contributed by atoms with Crippen LogP contribution < -0.4 is 5.73 Å². The molecule has 0 fully saturated rings. The fourth-order valence-electron chi connectivity index (χ4n) is 2.22. The molecule has 0 unspecified atom stereocenters. The number of carboxylic acid groups (broad SMARTS) is 1. The lowest BCUT2D eigenvalue weighted by Gasteiger charge is -2.13. The van der Waals surface area contributed by atoms with Gasteiger partial charge in [-0.05, 0) is 18.6 Å². The van der Waals surface area contributed by atoms with Crippen LogP contribution in [-0.2, 0) is 14.3 Å². The van der Waals surface area contributed by atoms with E-state index in [2.05, 4.69) is 5.73 Å². The lowest BCUT2D eigenvalue weighted by molar-refractivity contribution is -0.412. The average molecular weight is 342 g/mol. The van der Waals surface area contributed by atoms with Crippen LogP contribution in [0.4, 0.5) is 0 Å². The molecule has 0 aliphatic carbocycles. The zero-order valence-electron chi connectivity index (χ0n) is 13.8. The van der Waals surface area contributed by atoms with Crippen LogP contribution in [0, 0.1) is 0 Å². The highest BCUT2D eigenvalue weighted by atomic mass is 16.5. The predicted molar refractivity (Wildman–Crippen MR) is 90.0 cm³/mol. The van der Waals surface area contributed by atoms with Crippen molar-refractivity contribution in [2.24, 2.45) is 0 Å². The molecule has 0 spiro atoms. The van der Waals surface area contributed by atoms with Crippen LogP contribution in [0.2, 0.25) is 0 Å². The summed E-state index contributed by atoms with van der Waals surface area (Å²) >= 11 is 0. The van der Waals surface area contributed by atoms with Gasteiger partial charge in [0.05, 0.1) is 5.92 Å². The zero-order chi connectivity index (χ0) is 18.4. The van der Waals surface area contributed by atoms with Gasteiger partial charge < -0.3 is 15.6 Å². The Balaban J connectivity index is 2.11. The van der Waals surface area contributed by atoms with Crippen LogP contribution in [-0.4, -0.2) is 35.5 Å². The molecular formula is C19H20NO5+. The number of benzene rings is 2. The molecule has 2 aromatic rings. The molecule has 6 heteroatoms. The summed E-state index contributed by atoms with van der Waals surface area (Å²) in [5.74, 6) is -2.44. The molecule has 0 saturated carbocycles. The minimum absolute atomic E-state index is 0.133. The van der Waals surface area contributed by atoms with Crippen LogP contribution in [0.3, 0.4) is 0 Å². The van der Waals surface area contributed by atoms with Gasteiger partial charge in [0.25, 0.3) is 0 Å². The number of carbonyl (C=O) groups excluding carboxylic acids is 2. The van der Waals surface area contributed by atoms with Crippen LogP contribution in [0.5, 0.6) is 0 Å². The number of ketones is 1. The molecule has 0 heterocycles. The monoisotopic (exact) mass is 342 g/mol. The number of esters is 1. The summed E-state index contributed by atoms with van der Waals surface area (Å²) in [6, 6.07) is 14.6. The van der Waals surface area contributed by atoms with E-state index in [1.165, 1.54) is 0 Å². The first-order chi connectivity index (χ1) is 11.9. The van der Waals surface area contributed by atoms with Gasteiger partial charge in [0.15, 0.2) is 12.4 Å². The molecule has 0 aliphatic heterocycles. The maximum atomic E-state index is 12.5. The van der Waals surface area contributed by atoms with Gasteiger partial charge in [0.1, 0.15) is 0 Å². The summed E-state index contributed by atoms with van der Waals surface area (Å²) in [5, 5.41) is 8.76. The second-order valence-corrected chi connectivity index (χ2v) is 5.71. The summed E-state index contributed by atoms with van der Waals surface area (Å²) in [6.07, 6.45) is 0. The van der Waals surface area contributed by atoms with Gasteiger partial charge in [-0.15, -0.1) is 0 Å². The van der Waals surface area contributed by atoms with E-state index in [1.54, 1.807) is 55.5 Å². The third kappa shape index (κ3) is 4.74. The van der Waals surface area contributed by atoms with Crippen LogP contribution >= 0.6 is 0 Å². The standard InChI is InChI=1S/C19H19NO5/c1-12(19(24)25-11-16(20)18(22)23)14-8-5-9-15(10-14)17(21)13-6-3-2-4-7-13/h2-10,12,16H,11,20H2,1H3,(H,22,23)/p+1/t12-,16-/m0/s1. The summed E-state index contributed by atoms with van der Waals surface area (Å²) < 4.78 is 5.00. The van der Waals surface area contributed by atoms with Crippen LogP contribution in [0.1, 0.15) is 34.3 Å². The third-order valence-corrected chi connectivity index (χ3v) is 3.81. The zero-order valence-corrected chi connectivity index (χ0v) is 13.8. The summed E-state index contributed by atoms with van der Waals surface area (Å²) in [5.41, 5.74) is 5.06. The predicted octanol–water partition coefficient (Wildman–Crippen LogP) is 1.26. The number of carbonyl (C=O) groups is 3. The Bertz CT molecular complexity index is 772. The lowest BCUT2D eigenvalue weighted by atomic mass is 9.96. The number of carboxylic acids is 1. The number of aliphatic carboxylic acids is 1. The Kier molecular flexibility index (Phi) is 6.03. The van der Waals surface area contributed by atoms with E-state index in [4.69, 9.17) is 9.84 Å². The molecule has 4 N–H and O–H groups in total.